The summed E-state index contributed by atoms with van der Waals surface area (Å²) in [6.45, 7) is -9.61. The Kier molecular flexibility index (Phi) is 0.364. The Hall–Kier alpha value is -0.145. The molecule has 0 saturated heterocycles. The quantitative estimate of drug-likeness (QED) is 0.443. The van der Waals surface area contributed by atoms with Gasteiger partial charge in [-0.2, -0.15) is 0 Å². The first kappa shape index (κ1) is 1.42. The third kappa shape index (κ3) is 3.85. The lowest BCUT2D eigenvalue weighted by molar-refractivity contribution is 0.473. The Morgan fingerprint density at radius 3 is 2.33 bits per heavy atom. The molecule has 0 atom stereocenters. The average molecular weight is 102 g/mol. The Balaban J connectivity index is 4.75. The van der Waals surface area contributed by atoms with Crippen LogP contribution in [0.1, 0.15) is 13.7 Å². The predicted octanol–water partition coefficient (Wildman–Crippen LogP) is 1.85. The van der Waals surface area contributed by atoms with Crippen LogP contribution in [-0.2, 0) is 0 Å². The van der Waals surface area contributed by atoms with Crippen molar-refractivity contribution in [2.45, 2.75) is 13.1 Å². The first-order chi connectivity index (χ1) is 4.50. The molecule has 0 saturated carbocycles. The van der Waals surface area contributed by atoms with Crippen LogP contribution in [0.4, 0.5) is 12.9 Å². The van der Waals surface area contributed by atoms with Crippen molar-refractivity contribution < 1.29 is 19.8 Å². The van der Waals surface area contributed by atoms with E-state index >= 15 is 0 Å². The molecule has 0 aliphatic rings. The molecule has 0 N–H and O–H groups in total. The van der Waals surface area contributed by atoms with Crippen LogP contribution in [0.5, 0.6) is 0 Å². The van der Waals surface area contributed by atoms with Crippen molar-refractivity contribution in [3.05, 3.63) is 0 Å². The van der Waals surface area contributed by atoms with Crippen molar-refractivity contribution in [1.82, 2.24) is 0 Å². The molecule has 0 radical (unpaired) electrons. The first-order valence-electron chi connectivity index (χ1n) is 3.69. The van der Waals surface area contributed by atoms with E-state index in [0.717, 1.165) is 0 Å². The minimum Gasteiger partial charge on any atom is -0.449 e. The monoisotopic (exact) mass is 102 g/mol. The minimum absolute atomic E-state index is 3.63. The van der Waals surface area contributed by atoms with E-state index in [1.165, 1.54) is 0 Å². The Morgan fingerprint density at radius 2 is 2.33 bits per heavy atom. The largest absolute Gasteiger partial charge is 0.478 e. The number of rotatable bonds is 1. The zero-order valence-corrected chi connectivity index (χ0v) is 2.71. The third-order valence-electron chi connectivity index (χ3n) is 0.164. The van der Waals surface area contributed by atoms with Crippen molar-refractivity contribution in [2.75, 3.05) is 0 Å². The second-order valence-corrected chi connectivity index (χ2v) is 0.719. The summed E-state index contributed by atoms with van der Waals surface area (Å²) < 4.78 is 66.2. The smallest absolute Gasteiger partial charge is 0.449 e. The maximum Gasteiger partial charge on any atom is 0.478 e. The lowest BCUT2D eigenvalue weighted by Gasteiger charge is -2.06. The van der Waals surface area contributed by atoms with Gasteiger partial charge in [0.1, 0.15) is 0 Å². The van der Waals surface area contributed by atoms with Gasteiger partial charge in [0.05, 0.1) is 0 Å². The normalized spacial score (nSPS) is 28.8. The van der Waals surface area contributed by atoms with Gasteiger partial charge < -0.3 is 12.9 Å². The highest BCUT2D eigenvalue weighted by Crippen LogP contribution is 2.11. The SMILES string of the molecule is [2H]C([2H])([2H])C([2H])([2H])[B-](F)(F)F. The summed E-state index contributed by atoms with van der Waals surface area (Å²) in [6.07, 6.45) is -4.06. The van der Waals surface area contributed by atoms with Gasteiger partial charge in [0.25, 0.3) is 0 Å². The molecule has 6 heavy (non-hydrogen) atoms. The van der Waals surface area contributed by atoms with Crippen molar-refractivity contribution >= 4 is 6.98 Å². The highest BCUT2D eigenvalue weighted by Gasteiger charge is 2.17. The molecule has 0 aromatic heterocycles. The molecule has 0 nitrogen and oxygen atoms in total. The van der Waals surface area contributed by atoms with Crippen molar-refractivity contribution in [3.8, 4) is 0 Å². The average Bonchev–Trinajstić information content (AvgIpc) is 1.58. The molecular weight excluding hydrogens is 91.8 g/mol. The number of hydrogen-bond acceptors (Lipinski definition) is 0. The summed E-state index contributed by atoms with van der Waals surface area (Å²) in [6, 6.07) is 0. The van der Waals surface area contributed by atoms with Gasteiger partial charge >= 0.3 is 6.98 Å². The molecule has 0 aliphatic carbocycles. The van der Waals surface area contributed by atoms with Gasteiger partial charge in [-0.05, 0) is 2.74 Å². The molecular formula is C2H5BF3-. The highest BCUT2D eigenvalue weighted by atomic mass is 19.4. The van der Waals surface area contributed by atoms with E-state index < -0.39 is 20.1 Å². The van der Waals surface area contributed by atoms with Gasteiger partial charge in [-0.25, -0.2) is 0 Å². The van der Waals surface area contributed by atoms with Gasteiger partial charge in [0.2, 0.25) is 0 Å². The zero-order valence-electron chi connectivity index (χ0n) is 7.71. The van der Waals surface area contributed by atoms with Crippen LogP contribution in [-0.4, -0.2) is 6.98 Å². The van der Waals surface area contributed by atoms with E-state index in [1.807, 2.05) is 0 Å². The second kappa shape index (κ2) is 1.54. The van der Waals surface area contributed by atoms with E-state index in [0.29, 0.717) is 0 Å². The van der Waals surface area contributed by atoms with Crippen LogP contribution >= 0.6 is 0 Å². The minimum atomic E-state index is -5.98. The molecule has 0 heterocycles. The van der Waals surface area contributed by atoms with Crippen LogP contribution in [0.2, 0.25) is 6.27 Å². The summed E-state index contributed by atoms with van der Waals surface area (Å²) in [5.74, 6) is 0. The van der Waals surface area contributed by atoms with E-state index in [4.69, 9.17) is 6.85 Å². The van der Waals surface area contributed by atoms with Gasteiger partial charge in [0, 0.05) is 4.11 Å². The van der Waals surface area contributed by atoms with Gasteiger partial charge in [-0.15, -0.1) is 0 Å². The molecule has 0 fully saturated rings. The lowest BCUT2D eigenvalue weighted by Crippen LogP contribution is -2.10. The van der Waals surface area contributed by atoms with Gasteiger partial charge in [-0.1, -0.05) is 13.1 Å². The van der Waals surface area contributed by atoms with Crippen LogP contribution < -0.4 is 0 Å². The van der Waals surface area contributed by atoms with Crippen LogP contribution in [0.15, 0.2) is 0 Å². The molecule has 4 heteroatoms. The topological polar surface area (TPSA) is 0 Å². The fourth-order valence-electron chi connectivity index (χ4n) is 0. The Bertz CT molecular complexity index is 131. The Morgan fingerprint density at radius 1 is 1.83 bits per heavy atom. The molecule has 0 spiro atoms. The second-order valence-electron chi connectivity index (χ2n) is 0.719. The summed E-state index contributed by atoms with van der Waals surface area (Å²) in [5.41, 5.74) is 0. The molecule has 0 aromatic rings. The number of halogens is 3. The molecule has 38 valence electrons. The Labute approximate surface area is 41.4 Å². The standard InChI is InChI=1S/C2H5BF3/c1-2-3(4,5)6/h2H2,1H3/q-1/i1D3,2D2. The first-order valence-corrected chi connectivity index (χ1v) is 1.19. The van der Waals surface area contributed by atoms with Crippen molar-refractivity contribution in [1.29, 1.82) is 0 Å². The summed E-state index contributed by atoms with van der Waals surface area (Å²) in [5, 5.41) is 0. The number of hydrogen-bond donors (Lipinski definition) is 0. The summed E-state index contributed by atoms with van der Waals surface area (Å²) in [4.78, 5) is 0. The zero-order chi connectivity index (χ0) is 9.50. The van der Waals surface area contributed by atoms with Crippen molar-refractivity contribution in [3.63, 3.8) is 0 Å². The molecule has 0 aliphatic heterocycles. The summed E-state index contributed by atoms with van der Waals surface area (Å²) >= 11 is 0. The molecule has 0 unspecified atom stereocenters. The van der Waals surface area contributed by atoms with Crippen LogP contribution in [0.25, 0.3) is 0 Å². The summed E-state index contributed by atoms with van der Waals surface area (Å²) in [7, 11) is 0. The van der Waals surface area contributed by atoms with Crippen LogP contribution in [0.3, 0.4) is 0 Å². The molecule has 0 rings (SSSR count). The van der Waals surface area contributed by atoms with E-state index in [1.54, 1.807) is 0 Å². The fraction of sp³-hybridized carbons (Fsp3) is 1.00. The van der Waals surface area contributed by atoms with Gasteiger partial charge in [-0.3, -0.25) is 0 Å². The highest BCUT2D eigenvalue weighted by molar-refractivity contribution is 6.58. The third-order valence-corrected chi connectivity index (χ3v) is 0.164. The van der Waals surface area contributed by atoms with E-state index in [9.17, 15) is 12.9 Å². The van der Waals surface area contributed by atoms with Crippen LogP contribution in [0, 0.1) is 0 Å². The molecule has 0 amide bonds. The fourth-order valence-corrected chi connectivity index (χ4v) is 0. The van der Waals surface area contributed by atoms with E-state index in [-0.39, 0.29) is 0 Å². The van der Waals surface area contributed by atoms with Crippen molar-refractivity contribution in [2.24, 2.45) is 0 Å². The van der Waals surface area contributed by atoms with E-state index in [2.05, 4.69) is 0 Å². The molecule has 0 bridgehead atoms. The lowest BCUT2D eigenvalue weighted by atomic mass is 9.88. The maximum absolute atomic E-state index is 11.7. The predicted molar refractivity (Wildman–Crippen MR) is 19.6 cm³/mol. The maximum atomic E-state index is 11.7. The molecule has 0 aromatic carbocycles. The van der Waals surface area contributed by atoms with Gasteiger partial charge in [0.15, 0.2) is 0 Å².